The molecule has 1 unspecified atom stereocenters. The summed E-state index contributed by atoms with van der Waals surface area (Å²) in [7, 11) is 0. The van der Waals surface area contributed by atoms with E-state index in [0.29, 0.717) is 17.0 Å². The molecule has 3 rings (SSSR count). The highest BCUT2D eigenvalue weighted by Crippen LogP contribution is 2.35. The minimum Gasteiger partial charge on any atom is -0.390 e. The van der Waals surface area contributed by atoms with Crippen LogP contribution in [0.1, 0.15) is 20.1 Å². The fourth-order valence-electron chi connectivity index (χ4n) is 2.40. The first kappa shape index (κ1) is 11.4. The van der Waals surface area contributed by atoms with Gasteiger partial charge in [-0.3, -0.25) is 4.57 Å². The number of hydrogen-bond donors (Lipinski definition) is 2. The minimum atomic E-state index is -0.494. The Morgan fingerprint density at radius 3 is 2.78 bits per heavy atom. The number of aliphatic hydroxyl groups excluding tert-OH is 1. The average molecular weight is 249 g/mol. The molecule has 0 bridgehead atoms. The van der Waals surface area contributed by atoms with Crippen molar-refractivity contribution in [1.82, 2.24) is 19.5 Å². The number of aliphatic hydroxyl groups is 1. The van der Waals surface area contributed by atoms with Crippen LogP contribution < -0.4 is 5.73 Å². The second kappa shape index (κ2) is 3.89. The van der Waals surface area contributed by atoms with Gasteiger partial charge in [-0.25, -0.2) is 15.0 Å². The number of ether oxygens (including phenoxy) is 1. The molecule has 96 valence electrons. The molecule has 18 heavy (non-hydrogen) atoms. The molecule has 3 heterocycles. The van der Waals surface area contributed by atoms with Gasteiger partial charge in [0.25, 0.3) is 0 Å². The van der Waals surface area contributed by atoms with Crippen LogP contribution in [-0.2, 0) is 4.74 Å². The number of nitrogens with two attached hydrogens (primary N) is 1. The number of fused-ring (bicyclic) bond motifs is 1. The van der Waals surface area contributed by atoms with Gasteiger partial charge in [0, 0.05) is 5.92 Å². The Balaban J connectivity index is 2.08. The standard InChI is InChI=1S/C11H15N5O2/c1-5-8(17)6(2)18-11(5)16-4-15-7-9(12)13-3-14-10(7)16/h3-6,8,11,17H,1-2H3,(H2,12,13,14)/t5-,6?,8+,11-/m1/s1. The van der Waals surface area contributed by atoms with E-state index in [1.165, 1.54) is 6.33 Å². The van der Waals surface area contributed by atoms with Gasteiger partial charge in [-0.05, 0) is 6.92 Å². The Bertz CT molecular complexity index is 584. The van der Waals surface area contributed by atoms with Crippen LogP contribution in [-0.4, -0.2) is 36.8 Å². The summed E-state index contributed by atoms with van der Waals surface area (Å²) in [5.41, 5.74) is 6.92. The SMILES string of the molecule is CC1O[C@@H](n2cnc3c(N)ncnc32)[C@H](C)[C@@H]1O. The zero-order chi connectivity index (χ0) is 12.9. The lowest BCUT2D eigenvalue weighted by Gasteiger charge is -2.17. The Kier molecular flexibility index (Phi) is 2.46. The van der Waals surface area contributed by atoms with Crippen LogP contribution in [0.2, 0.25) is 0 Å². The molecular weight excluding hydrogens is 234 g/mol. The Morgan fingerprint density at radius 2 is 2.11 bits per heavy atom. The van der Waals surface area contributed by atoms with Gasteiger partial charge in [0.2, 0.25) is 0 Å². The second-order valence-corrected chi connectivity index (χ2v) is 4.66. The number of hydrogen-bond acceptors (Lipinski definition) is 6. The second-order valence-electron chi connectivity index (χ2n) is 4.66. The highest BCUT2D eigenvalue weighted by Gasteiger charge is 2.40. The van der Waals surface area contributed by atoms with E-state index < -0.39 is 6.10 Å². The number of anilines is 1. The molecule has 4 atom stereocenters. The molecule has 2 aromatic rings. The topological polar surface area (TPSA) is 99.1 Å². The van der Waals surface area contributed by atoms with Crippen molar-refractivity contribution in [2.45, 2.75) is 32.3 Å². The highest BCUT2D eigenvalue weighted by atomic mass is 16.5. The maximum absolute atomic E-state index is 9.95. The minimum absolute atomic E-state index is 0.0337. The van der Waals surface area contributed by atoms with Gasteiger partial charge in [-0.1, -0.05) is 6.92 Å². The van der Waals surface area contributed by atoms with E-state index in [9.17, 15) is 5.11 Å². The van der Waals surface area contributed by atoms with Gasteiger partial charge in [-0.15, -0.1) is 0 Å². The third-order valence-electron chi connectivity index (χ3n) is 3.48. The monoisotopic (exact) mass is 249 g/mol. The van der Waals surface area contributed by atoms with Crippen molar-refractivity contribution in [1.29, 1.82) is 0 Å². The number of nitrogens with zero attached hydrogens (tertiary/aromatic N) is 4. The summed E-state index contributed by atoms with van der Waals surface area (Å²) in [5, 5.41) is 9.95. The first-order valence-corrected chi connectivity index (χ1v) is 5.86. The Hall–Kier alpha value is -1.73. The van der Waals surface area contributed by atoms with Gasteiger partial charge < -0.3 is 15.6 Å². The molecule has 0 aromatic carbocycles. The van der Waals surface area contributed by atoms with Crippen LogP contribution in [0, 0.1) is 5.92 Å². The third-order valence-corrected chi connectivity index (χ3v) is 3.48. The molecule has 3 N–H and O–H groups in total. The lowest BCUT2D eigenvalue weighted by molar-refractivity contribution is -0.00993. The molecular formula is C11H15N5O2. The molecule has 1 saturated heterocycles. The molecule has 0 radical (unpaired) electrons. The molecule has 0 aliphatic carbocycles. The highest BCUT2D eigenvalue weighted by molar-refractivity contribution is 5.81. The van der Waals surface area contributed by atoms with E-state index in [-0.39, 0.29) is 18.2 Å². The number of nitrogen functional groups attached to an aromatic ring is 1. The smallest absolute Gasteiger partial charge is 0.167 e. The average Bonchev–Trinajstić information content (AvgIpc) is 2.88. The van der Waals surface area contributed by atoms with E-state index in [4.69, 9.17) is 10.5 Å². The predicted molar refractivity (Wildman–Crippen MR) is 64.5 cm³/mol. The summed E-state index contributed by atoms with van der Waals surface area (Å²) in [6, 6.07) is 0. The number of aromatic nitrogens is 4. The molecule has 0 spiro atoms. The van der Waals surface area contributed by atoms with E-state index in [2.05, 4.69) is 15.0 Å². The third kappa shape index (κ3) is 1.48. The van der Waals surface area contributed by atoms with Gasteiger partial charge in [-0.2, -0.15) is 0 Å². The summed E-state index contributed by atoms with van der Waals surface area (Å²) in [6.45, 7) is 3.79. The molecule has 7 nitrogen and oxygen atoms in total. The summed E-state index contributed by atoms with van der Waals surface area (Å²) in [4.78, 5) is 12.3. The van der Waals surface area contributed by atoms with Crippen LogP contribution in [0.15, 0.2) is 12.7 Å². The van der Waals surface area contributed by atoms with Crippen LogP contribution in [0.3, 0.4) is 0 Å². The van der Waals surface area contributed by atoms with Crippen molar-refractivity contribution in [3.63, 3.8) is 0 Å². The maximum Gasteiger partial charge on any atom is 0.167 e. The van der Waals surface area contributed by atoms with Crippen LogP contribution in [0.5, 0.6) is 0 Å². The molecule has 1 aliphatic rings. The van der Waals surface area contributed by atoms with Crippen molar-refractivity contribution < 1.29 is 9.84 Å². The van der Waals surface area contributed by atoms with Gasteiger partial charge in [0.15, 0.2) is 11.5 Å². The zero-order valence-electron chi connectivity index (χ0n) is 10.2. The van der Waals surface area contributed by atoms with Crippen molar-refractivity contribution in [2.75, 3.05) is 5.73 Å². The van der Waals surface area contributed by atoms with E-state index >= 15 is 0 Å². The fraction of sp³-hybridized carbons (Fsp3) is 0.545. The predicted octanol–water partition coefficient (Wildman–Crippen LogP) is 0.323. The fourth-order valence-corrected chi connectivity index (χ4v) is 2.40. The van der Waals surface area contributed by atoms with Crippen LogP contribution in [0.4, 0.5) is 5.82 Å². The van der Waals surface area contributed by atoms with Gasteiger partial charge in [0.1, 0.15) is 18.1 Å². The summed E-state index contributed by atoms with van der Waals surface area (Å²) in [5.74, 6) is 0.312. The quantitative estimate of drug-likeness (QED) is 0.755. The van der Waals surface area contributed by atoms with E-state index in [1.807, 2.05) is 13.8 Å². The molecule has 0 saturated carbocycles. The maximum atomic E-state index is 9.95. The van der Waals surface area contributed by atoms with Crippen LogP contribution in [0.25, 0.3) is 11.2 Å². The van der Waals surface area contributed by atoms with Crippen molar-refractivity contribution >= 4 is 17.0 Å². The molecule has 7 heteroatoms. The molecule has 2 aromatic heterocycles. The number of rotatable bonds is 1. The molecule has 1 aliphatic heterocycles. The molecule has 1 fully saturated rings. The van der Waals surface area contributed by atoms with Gasteiger partial charge >= 0.3 is 0 Å². The summed E-state index contributed by atoms with van der Waals surface area (Å²) < 4.78 is 7.55. The van der Waals surface area contributed by atoms with Crippen molar-refractivity contribution in [3.8, 4) is 0 Å². The largest absolute Gasteiger partial charge is 0.390 e. The molecule has 0 amide bonds. The van der Waals surface area contributed by atoms with E-state index in [0.717, 1.165) is 0 Å². The number of imidazole rings is 1. The first-order valence-electron chi connectivity index (χ1n) is 5.86. The Labute approximate surface area is 104 Å². The zero-order valence-corrected chi connectivity index (χ0v) is 10.2. The summed E-state index contributed by atoms with van der Waals surface area (Å²) >= 11 is 0. The lowest BCUT2D eigenvalue weighted by atomic mass is 10.0. The summed E-state index contributed by atoms with van der Waals surface area (Å²) in [6.07, 6.45) is 2.04. The van der Waals surface area contributed by atoms with Crippen molar-refractivity contribution in [2.24, 2.45) is 5.92 Å². The normalized spacial score (nSPS) is 32.2. The Morgan fingerprint density at radius 1 is 1.33 bits per heavy atom. The van der Waals surface area contributed by atoms with Gasteiger partial charge in [0.05, 0.1) is 18.5 Å². The van der Waals surface area contributed by atoms with E-state index in [1.54, 1.807) is 10.9 Å². The lowest BCUT2D eigenvalue weighted by Crippen LogP contribution is -2.22. The first-order chi connectivity index (χ1) is 8.59. The van der Waals surface area contributed by atoms with Crippen molar-refractivity contribution in [3.05, 3.63) is 12.7 Å². The van der Waals surface area contributed by atoms with Crippen LogP contribution >= 0.6 is 0 Å².